The molecule has 2 aromatic carbocycles. The molecule has 0 aliphatic carbocycles. The SMILES string of the molecule is C[Si]1(/C(=C/c2ccccc2)B2C3CCCC2CCC3)CCC(B2C3CCCC2CCC3)=C1c1ccccc1. The van der Waals surface area contributed by atoms with Crippen molar-refractivity contribution in [1.29, 1.82) is 0 Å². The average molecular weight is 516 g/mol. The monoisotopic (exact) mass is 516 g/mol. The van der Waals surface area contributed by atoms with E-state index in [0.29, 0.717) is 0 Å². The first-order chi connectivity index (χ1) is 18.7. The summed E-state index contributed by atoms with van der Waals surface area (Å²) in [4.78, 5) is 0. The topological polar surface area (TPSA) is 0 Å². The number of allylic oxidation sites excluding steroid dienone is 1. The van der Waals surface area contributed by atoms with Crippen molar-refractivity contribution in [2.24, 2.45) is 0 Å². The lowest BCUT2D eigenvalue weighted by atomic mass is 9.24. The van der Waals surface area contributed by atoms with Gasteiger partial charge in [-0.25, -0.2) is 0 Å². The molecule has 0 spiro atoms. The number of benzene rings is 2. The molecule has 2 aromatic rings. The second-order valence-electron chi connectivity index (χ2n) is 13.9. The molecule has 7 rings (SSSR count). The van der Waals surface area contributed by atoms with Crippen molar-refractivity contribution in [2.75, 3.05) is 0 Å². The van der Waals surface area contributed by atoms with Crippen LogP contribution in [0.3, 0.4) is 0 Å². The van der Waals surface area contributed by atoms with E-state index in [1.165, 1.54) is 95.1 Å². The smallest absolute Gasteiger partial charge is 0.105 e. The zero-order chi connectivity index (χ0) is 25.5. The van der Waals surface area contributed by atoms with Gasteiger partial charge in [-0.3, -0.25) is 0 Å². The molecule has 38 heavy (non-hydrogen) atoms. The quantitative estimate of drug-likeness (QED) is 0.347. The Morgan fingerprint density at radius 3 is 1.74 bits per heavy atom. The molecular weight excluding hydrogens is 470 g/mol. The van der Waals surface area contributed by atoms with Gasteiger partial charge in [0, 0.05) is 0 Å². The molecule has 4 saturated heterocycles. The molecular formula is C35H46B2Si. The Morgan fingerprint density at radius 2 is 1.18 bits per heavy atom. The van der Waals surface area contributed by atoms with Gasteiger partial charge in [0.05, 0.1) is 0 Å². The summed E-state index contributed by atoms with van der Waals surface area (Å²) in [5.74, 6) is 3.78. The number of fused-ring (bicyclic) bond motifs is 4. The molecule has 5 heterocycles. The van der Waals surface area contributed by atoms with Crippen LogP contribution in [0.15, 0.2) is 71.2 Å². The van der Waals surface area contributed by atoms with Crippen molar-refractivity contribution in [3.8, 4) is 0 Å². The Kier molecular flexibility index (Phi) is 7.10. The van der Waals surface area contributed by atoms with E-state index in [-0.39, 0.29) is 0 Å². The minimum absolute atomic E-state index is 0.832. The fourth-order valence-corrected chi connectivity index (χ4v) is 15.6. The summed E-state index contributed by atoms with van der Waals surface area (Å²) in [6.07, 6.45) is 21.9. The van der Waals surface area contributed by atoms with Crippen molar-refractivity contribution in [3.63, 3.8) is 0 Å². The summed E-state index contributed by atoms with van der Waals surface area (Å²) in [6.45, 7) is 4.55. The van der Waals surface area contributed by atoms with Gasteiger partial charge >= 0.3 is 0 Å². The van der Waals surface area contributed by atoms with Crippen LogP contribution in [0.5, 0.6) is 0 Å². The molecule has 0 nitrogen and oxygen atoms in total. The molecule has 4 bridgehead atoms. The normalized spacial score (nSPS) is 33.6. The van der Waals surface area contributed by atoms with Crippen LogP contribution in [-0.4, -0.2) is 21.5 Å². The average Bonchev–Trinajstić information content (AvgIpc) is 3.29. The molecule has 1 unspecified atom stereocenters. The van der Waals surface area contributed by atoms with E-state index in [0.717, 1.165) is 36.7 Å². The molecule has 0 amide bonds. The van der Waals surface area contributed by atoms with Gasteiger partial charge in [0.25, 0.3) is 0 Å². The van der Waals surface area contributed by atoms with E-state index < -0.39 is 8.07 Å². The number of rotatable bonds is 5. The largest absolute Gasteiger partial charge is 0.176 e. The highest BCUT2D eigenvalue weighted by atomic mass is 28.3. The third-order valence-corrected chi connectivity index (χ3v) is 16.7. The first-order valence-corrected chi connectivity index (χ1v) is 19.0. The van der Waals surface area contributed by atoms with E-state index in [1.54, 1.807) is 5.56 Å². The first-order valence-electron chi connectivity index (χ1n) is 16.3. The van der Waals surface area contributed by atoms with Gasteiger partial charge in [-0.15, -0.1) is 10.6 Å². The van der Waals surface area contributed by atoms with Gasteiger partial charge in [-0.1, -0.05) is 179 Å². The van der Waals surface area contributed by atoms with Gasteiger partial charge in [0.2, 0.25) is 0 Å². The Morgan fingerprint density at radius 1 is 0.684 bits per heavy atom. The van der Waals surface area contributed by atoms with Crippen molar-refractivity contribution >= 4 is 32.8 Å². The molecule has 0 aromatic heterocycles. The summed E-state index contributed by atoms with van der Waals surface area (Å²) in [5.41, 5.74) is 5.01. The van der Waals surface area contributed by atoms with Crippen LogP contribution in [-0.2, 0) is 0 Å². The van der Waals surface area contributed by atoms with Gasteiger partial charge in [-0.2, -0.15) is 0 Å². The number of hydrogen-bond acceptors (Lipinski definition) is 0. The Hall–Kier alpha value is -1.73. The maximum Gasteiger partial charge on any atom is 0.176 e. The van der Waals surface area contributed by atoms with E-state index >= 15 is 0 Å². The minimum atomic E-state index is -1.88. The Bertz CT molecular complexity index is 1140. The van der Waals surface area contributed by atoms with Crippen LogP contribution >= 0.6 is 0 Å². The predicted octanol–water partition coefficient (Wildman–Crippen LogP) is 10.4. The predicted molar refractivity (Wildman–Crippen MR) is 171 cm³/mol. The molecule has 0 saturated carbocycles. The second-order valence-corrected chi connectivity index (χ2v) is 18.2. The second kappa shape index (κ2) is 10.7. The van der Waals surface area contributed by atoms with E-state index in [2.05, 4.69) is 73.3 Å². The molecule has 0 radical (unpaired) electrons. The molecule has 1 atom stereocenters. The third-order valence-electron chi connectivity index (χ3n) is 12.0. The number of hydrogen-bond donors (Lipinski definition) is 0. The Labute approximate surface area is 234 Å². The zero-order valence-corrected chi connectivity index (χ0v) is 24.7. The van der Waals surface area contributed by atoms with Gasteiger partial charge < -0.3 is 0 Å². The molecule has 3 heteroatoms. The summed E-state index contributed by atoms with van der Waals surface area (Å²) in [6, 6.07) is 24.8. The summed E-state index contributed by atoms with van der Waals surface area (Å²) in [5, 5.41) is 3.86. The Balaban J connectivity index is 1.41. The standard InChI is InChI=1S/C35H46B2Si/c1-38(34(26-27-12-4-2-5-13-27)37-31-20-10-21-32(37)23-11-22-31)25-24-33(35(38)28-14-6-3-7-15-28)36-29-16-8-17-30(36)19-9-18-29/h2-7,12-15,26,29-32H,8-11,16-25H2,1H3/b34-26+. The maximum absolute atomic E-state index is 2.83. The van der Waals surface area contributed by atoms with E-state index in [1.807, 2.05) is 15.8 Å². The molecule has 4 fully saturated rings. The third kappa shape index (κ3) is 4.45. The fraction of sp³-hybridized carbons (Fsp3) is 0.543. The van der Waals surface area contributed by atoms with E-state index in [9.17, 15) is 0 Å². The van der Waals surface area contributed by atoms with Crippen LogP contribution in [0.2, 0.25) is 35.9 Å². The van der Waals surface area contributed by atoms with Crippen molar-refractivity contribution in [1.82, 2.24) is 0 Å². The van der Waals surface area contributed by atoms with Crippen molar-refractivity contribution in [3.05, 3.63) is 82.4 Å². The van der Waals surface area contributed by atoms with Crippen molar-refractivity contribution < 1.29 is 0 Å². The minimum Gasteiger partial charge on any atom is -0.105 e. The van der Waals surface area contributed by atoms with Gasteiger partial charge in [0.15, 0.2) is 13.4 Å². The fourth-order valence-electron chi connectivity index (χ4n) is 10.5. The molecule has 5 aliphatic rings. The van der Waals surface area contributed by atoms with Crippen LogP contribution < -0.4 is 0 Å². The van der Waals surface area contributed by atoms with Crippen LogP contribution in [0.25, 0.3) is 11.3 Å². The summed E-state index contributed by atoms with van der Waals surface area (Å²) in [7, 11) is -1.88. The molecule has 196 valence electrons. The maximum atomic E-state index is 2.83. The lowest BCUT2D eigenvalue weighted by Crippen LogP contribution is -2.47. The van der Waals surface area contributed by atoms with Crippen molar-refractivity contribution in [2.45, 2.75) is 119 Å². The highest BCUT2D eigenvalue weighted by Gasteiger charge is 2.53. The highest BCUT2D eigenvalue weighted by molar-refractivity contribution is 7.13. The van der Waals surface area contributed by atoms with Crippen LogP contribution in [0, 0.1) is 0 Å². The van der Waals surface area contributed by atoms with Gasteiger partial charge in [0.1, 0.15) is 8.07 Å². The lowest BCUT2D eigenvalue weighted by Gasteiger charge is -2.46. The van der Waals surface area contributed by atoms with Crippen LogP contribution in [0.4, 0.5) is 0 Å². The summed E-state index contributed by atoms with van der Waals surface area (Å²) < 4.78 is 0. The molecule has 5 aliphatic heterocycles. The van der Waals surface area contributed by atoms with Gasteiger partial charge in [-0.05, 0) is 23.6 Å². The molecule has 0 N–H and O–H groups in total. The summed E-state index contributed by atoms with van der Waals surface area (Å²) >= 11 is 0. The van der Waals surface area contributed by atoms with Crippen LogP contribution in [0.1, 0.15) is 94.6 Å². The van der Waals surface area contributed by atoms with E-state index in [4.69, 9.17) is 0 Å². The zero-order valence-electron chi connectivity index (χ0n) is 23.7. The first kappa shape index (κ1) is 25.2. The lowest BCUT2D eigenvalue weighted by molar-refractivity contribution is 0.445. The highest BCUT2D eigenvalue weighted by Crippen LogP contribution is 2.58.